The molecule has 2 rings (SSSR count). The zero-order valence-corrected chi connectivity index (χ0v) is 16.5. The van der Waals surface area contributed by atoms with Crippen LogP contribution < -0.4 is 15.4 Å². The zero-order chi connectivity index (χ0) is 20.7. The van der Waals surface area contributed by atoms with Crippen LogP contribution >= 0.6 is 0 Å². The molecule has 0 saturated heterocycles. The van der Waals surface area contributed by atoms with Gasteiger partial charge in [-0.1, -0.05) is 38.1 Å². The molecular formula is C21H26FN3O3. The Balaban J connectivity index is 2.02. The molecule has 1 atom stereocenters. The van der Waals surface area contributed by atoms with Crippen molar-refractivity contribution >= 4 is 17.6 Å². The van der Waals surface area contributed by atoms with E-state index in [4.69, 9.17) is 4.74 Å². The SMILES string of the molecule is COc1ccc(CN(C)C(=O)C(NC(=O)Nc2ccccc2)C(C)C)cc1F. The molecule has 2 aromatic rings. The predicted octanol–water partition coefficient (Wildman–Crippen LogP) is 3.64. The maximum Gasteiger partial charge on any atom is 0.319 e. The van der Waals surface area contributed by atoms with Gasteiger partial charge in [0.25, 0.3) is 0 Å². The second kappa shape index (κ2) is 9.73. The van der Waals surface area contributed by atoms with E-state index in [0.717, 1.165) is 0 Å². The van der Waals surface area contributed by atoms with E-state index in [0.29, 0.717) is 11.3 Å². The fourth-order valence-corrected chi connectivity index (χ4v) is 2.74. The minimum absolute atomic E-state index is 0.121. The topological polar surface area (TPSA) is 70.7 Å². The van der Waals surface area contributed by atoms with Crippen molar-refractivity contribution < 1.29 is 18.7 Å². The molecular weight excluding hydrogens is 361 g/mol. The molecule has 2 N–H and O–H groups in total. The first-order valence-corrected chi connectivity index (χ1v) is 9.01. The summed E-state index contributed by atoms with van der Waals surface area (Å²) in [4.78, 5) is 26.6. The molecule has 0 fully saturated rings. The zero-order valence-electron chi connectivity index (χ0n) is 16.5. The highest BCUT2D eigenvalue weighted by Gasteiger charge is 2.27. The van der Waals surface area contributed by atoms with Crippen LogP contribution in [0, 0.1) is 11.7 Å². The first-order valence-electron chi connectivity index (χ1n) is 9.01. The van der Waals surface area contributed by atoms with Crippen molar-refractivity contribution in [3.05, 3.63) is 59.9 Å². The molecule has 0 aliphatic heterocycles. The average Bonchev–Trinajstić information content (AvgIpc) is 2.66. The summed E-state index contributed by atoms with van der Waals surface area (Å²) >= 11 is 0. The third-order valence-electron chi connectivity index (χ3n) is 4.26. The highest BCUT2D eigenvalue weighted by molar-refractivity contribution is 5.93. The number of ether oxygens (including phenoxy) is 1. The van der Waals surface area contributed by atoms with Crippen molar-refractivity contribution in [2.45, 2.75) is 26.4 Å². The van der Waals surface area contributed by atoms with Gasteiger partial charge in [0.2, 0.25) is 5.91 Å². The number of halogens is 1. The van der Waals surface area contributed by atoms with Gasteiger partial charge in [-0.2, -0.15) is 0 Å². The molecule has 0 aliphatic rings. The van der Waals surface area contributed by atoms with Gasteiger partial charge in [-0.3, -0.25) is 4.79 Å². The molecule has 0 aliphatic carbocycles. The highest BCUT2D eigenvalue weighted by Crippen LogP contribution is 2.19. The van der Waals surface area contributed by atoms with E-state index in [-0.39, 0.29) is 24.1 Å². The third-order valence-corrected chi connectivity index (χ3v) is 4.26. The number of anilines is 1. The maximum atomic E-state index is 13.9. The van der Waals surface area contributed by atoms with Crippen molar-refractivity contribution in [3.8, 4) is 5.75 Å². The molecule has 0 bridgehead atoms. The first kappa shape index (κ1) is 21.2. The molecule has 28 heavy (non-hydrogen) atoms. The van der Waals surface area contributed by atoms with Gasteiger partial charge in [-0.25, -0.2) is 9.18 Å². The number of nitrogens with one attached hydrogen (secondary N) is 2. The summed E-state index contributed by atoms with van der Waals surface area (Å²) in [7, 11) is 3.02. The summed E-state index contributed by atoms with van der Waals surface area (Å²) in [6, 6.07) is 12.4. The lowest BCUT2D eigenvalue weighted by Gasteiger charge is -2.27. The Morgan fingerprint density at radius 3 is 2.39 bits per heavy atom. The van der Waals surface area contributed by atoms with Crippen LogP contribution in [-0.2, 0) is 11.3 Å². The number of hydrogen-bond acceptors (Lipinski definition) is 3. The number of benzene rings is 2. The van der Waals surface area contributed by atoms with Gasteiger partial charge in [-0.15, -0.1) is 0 Å². The Morgan fingerprint density at radius 1 is 1.14 bits per heavy atom. The fraction of sp³-hybridized carbons (Fsp3) is 0.333. The number of carbonyl (C=O) groups is 2. The maximum absolute atomic E-state index is 13.9. The van der Waals surface area contributed by atoms with Crippen LogP contribution in [0.4, 0.5) is 14.9 Å². The number of carbonyl (C=O) groups excluding carboxylic acids is 2. The Bertz CT molecular complexity index is 812. The molecule has 0 aromatic heterocycles. The van der Waals surface area contributed by atoms with Crippen LogP contribution in [0.15, 0.2) is 48.5 Å². The van der Waals surface area contributed by atoms with Gasteiger partial charge >= 0.3 is 6.03 Å². The highest BCUT2D eigenvalue weighted by atomic mass is 19.1. The number of amides is 3. The Kier molecular flexibility index (Phi) is 7.37. The Morgan fingerprint density at radius 2 is 1.82 bits per heavy atom. The molecule has 150 valence electrons. The average molecular weight is 387 g/mol. The second-order valence-electron chi connectivity index (χ2n) is 6.85. The Hall–Kier alpha value is -3.09. The van der Waals surface area contributed by atoms with Crippen molar-refractivity contribution in [1.82, 2.24) is 10.2 Å². The number of nitrogens with zero attached hydrogens (tertiary/aromatic N) is 1. The van der Waals surface area contributed by atoms with E-state index < -0.39 is 17.9 Å². The quantitative estimate of drug-likeness (QED) is 0.762. The molecule has 0 saturated carbocycles. The van der Waals surface area contributed by atoms with E-state index in [2.05, 4.69) is 10.6 Å². The summed E-state index contributed by atoms with van der Waals surface area (Å²) in [5.74, 6) is -0.711. The number of methoxy groups -OCH3 is 1. The molecule has 2 aromatic carbocycles. The van der Waals surface area contributed by atoms with Gasteiger partial charge in [0.05, 0.1) is 7.11 Å². The van der Waals surface area contributed by atoms with Gasteiger partial charge < -0.3 is 20.3 Å². The predicted molar refractivity (Wildman–Crippen MR) is 107 cm³/mol. The lowest BCUT2D eigenvalue weighted by molar-refractivity contribution is -0.133. The number of hydrogen-bond donors (Lipinski definition) is 2. The van der Waals surface area contributed by atoms with Crippen molar-refractivity contribution in [2.75, 3.05) is 19.5 Å². The van der Waals surface area contributed by atoms with Crippen LogP contribution in [0.2, 0.25) is 0 Å². The molecule has 7 heteroatoms. The molecule has 6 nitrogen and oxygen atoms in total. The van der Waals surface area contributed by atoms with Crippen molar-refractivity contribution in [2.24, 2.45) is 5.92 Å². The van der Waals surface area contributed by atoms with Crippen LogP contribution in [0.3, 0.4) is 0 Å². The van der Waals surface area contributed by atoms with Gasteiger partial charge in [0.1, 0.15) is 6.04 Å². The summed E-state index contributed by atoms with van der Waals surface area (Å²) < 4.78 is 18.8. The second-order valence-corrected chi connectivity index (χ2v) is 6.85. The third kappa shape index (κ3) is 5.70. The number of para-hydroxylation sites is 1. The molecule has 0 radical (unpaired) electrons. The lowest BCUT2D eigenvalue weighted by atomic mass is 10.0. The van der Waals surface area contributed by atoms with Gasteiger partial charge in [-0.05, 0) is 35.7 Å². The fourth-order valence-electron chi connectivity index (χ4n) is 2.74. The van der Waals surface area contributed by atoms with E-state index in [1.54, 1.807) is 25.2 Å². The summed E-state index contributed by atoms with van der Waals surface area (Å²) in [5, 5.41) is 5.43. The minimum atomic E-state index is -0.711. The Labute approximate surface area is 164 Å². The summed E-state index contributed by atoms with van der Waals surface area (Å²) in [5.41, 5.74) is 1.27. The normalized spacial score (nSPS) is 11.6. The van der Waals surface area contributed by atoms with E-state index in [9.17, 15) is 14.0 Å². The number of likely N-dealkylation sites (N-methyl/N-ethyl adjacent to an activating group) is 1. The van der Waals surface area contributed by atoms with Crippen molar-refractivity contribution in [3.63, 3.8) is 0 Å². The van der Waals surface area contributed by atoms with E-state index >= 15 is 0 Å². The molecule has 1 unspecified atom stereocenters. The summed E-state index contributed by atoms with van der Waals surface area (Å²) in [6.45, 7) is 3.92. The smallest absolute Gasteiger partial charge is 0.319 e. The van der Waals surface area contributed by atoms with Gasteiger partial charge in [0.15, 0.2) is 11.6 Å². The molecule has 3 amide bonds. The van der Waals surface area contributed by atoms with Gasteiger partial charge in [0, 0.05) is 19.3 Å². The lowest BCUT2D eigenvalue weighted by Crippen LogP contribution is -2.51. The van der Waals surface area contributed by atoms with E-state index in [1.807, 2.05) is 32.0 Å². The number of urea groups is 1. The van der Waals surface area contributed by atoms with Crippen LogP contribution in [0.25, 0.3) is 0 Å². The van der Waals surface area contributed by atoms with Crippen LogP contribution in [-0.4, -0.2) is 37.0 Å². The van der Waals surface area contributed by atoms with Crippen LogP contribution in [0.1, 0.15) is 19.4 Å². The standard InChI is InChI=1S/C21H26FN3O3/c1-14(2)19(24-21(27)23-16-8-6-5-7-9-16)20(26)25(3)13-15-10-11-18(28-4)17(22)12-15/h5-12,14,19H,13H2,1-4H3,(H2,23,24,27). The first-order chi connectivity index (χ1) is 13.3. The van der Waals surface area contributed by atoms with E-state index in [1.165, 1.54) is 24.1 Å². The minimum Gasteiger partial charge on any atom is -0.494 e. The van der Waals surface area contributed by atoms with Crippen molar-refractivity contribution in [1.29, 1.82) is 0 Å². The van der Waals surface area contributed by atoms with Crippen LogP contribution in [0.5, 0.6) is 5.75 Å². The molecule has 0 heterocycles. The monoisotopic (exact) mass is 387 g/mol. The number of rotatable bonds is 7. The summed E-state index contributed by atoms with van der Waals surface area (Å²) in [6.07, 6.45) is 0. The largest absolute Gasteiger partial charge is 0.494 e. The molecule has 0 spiro atoms.